The Labute approximate surface area is 276 Å². The number of nitrogens with two attached hydrogens (primary N) is 1. The van der Waals surface area contributed by atoms with Gasteiger partial charge >= 0.3 is 6.09 Å². The number of anilines is 1. The third kappa shape index (κ3) is 21.7. The van der Waals surface area contributed by atoms with Gasteiger partial charge in [-0.25, -0.2) is 9.79 Å². The first-order valence-electron chi connectivity index (χ1n) is 15.0. The number of carbonyl (C=O) groups excluding carboxylic acids is 3. The topological polar surface area (TPSA) is 166 Å². The predicted molar refractivity (Wildman–Crippen MR) is 177 cm³/mol. The Hall–Kier alpha value is -2.68. The number of hydrogen-bond acceptors (Lipinski definition) is 9. The lowest BCUT2D eigenvalue weighted by atomic mass is 10.1. The molecule has 256 valence electrons. The van der Waals surface area contributed by atoms with Crippen LogP contribution in [-0.2, 0) is 28.5 Å². The van der Waals surface area contributed by atoms with Crippen LogP contribution in [0.2, 0.25) is 10.0 Å². The molecule has 1 aromatic carbocycles. The van der Waals surface area contributed by atoms with Crippen molar-refractivity contribution in [2.45, 2.75) is 46.1 Å². The number of benzene rings is 1. The number of likely N-dealkylation sites (N-methyl/N-ethyl adjacent to an activating group) is 1. The van der Waals surface area contributed by atoms with Crippen LogP contribution in [0.5, 0.6) is 0 Å². The fourth-order valence-corrected chi connectivity index (χ4v) is 3.69. The summed E-state index contributed by atoms with van der Waals surface area (Å²) in [5.41, 5.74) is 6.24. The van der Waals surface area contributed by atoms with Gasteiger partial charge in [0.15, 0.2) is 0 Å². The van der Waals surface area contributed by atoms with Gasteiger partial charge in [-0.05, 0) is 52.4 Å². The first-order chi connectivity index (χ1) is 21.3. The molecule has 1 unspecified atom stereocenters. The van der Waals surface area contributed by atoms with Crippen LogP contribution >= 0.6 is 23.2 Å². The zero-order chi connectivity index (χ0) is 33.7. The molecule has 0 aliphatic carbocycles. The number of nitrogens with one attached hydrogen (secondary N) is 3. The number of hydrogen-bond donors (Lipinski definition) is 4. The standard InChI is InChI=1S/C30H50Cl2N6O7/c1-22(20-36-23-8-9-24(31)25(32)19-23)28(33)37-26(39)7-6-10-34-27(40)21-44-16-13-38(5)12-15-43-18-17-42-14-11-35-29(41)45-30(2,3)4/h8-9,19,22,36H,6-7,10-18,20-21H2,1-5H3,(H,34,40)(H,35,41)(H2,33,37,39). The number of nitrogens with zero attached hydrogens (tertiary/aromatic N) is 2. The van der Waals surface area contributed by atoms with E-state index < -0.39 is 11.7 Å². The van der Waals surface area contributed by atoms with Crippen LogP contribution in [0.15, 0.2) is 23.2 Å². The van der Waals surface area contributed by atoms with Crippen LogP contribution in [-0.4, -0.2) is 114 Å². The van der Waals surface area contributed by atoms with Crippen molar-refractivity contribution in [3.05, 3.63) is 28.2 Å². The molecule has 13 nitrogen and oxygen atoms in total. The van der Waals surface area contributed by atoms with Crippen LogP contribution in [0.3, 0.4) is 0 Å². The van der Waals surface area contributed by atoms with E-state index in [1.165, 1.54) is 0 Å². The molecule has 45 heavy (non-hydrogen) atoms. The number of alkyl carbamates (subject to hydrolysis) is 1. The summed E-state index contributed by atoms with van der Waals surface area (Å²) in [6.07, 6.45) is 0.137. The molecule has 0 saturated heterocycles. The van der Waals surface area contributed by atoms with Crippen molar-refractivity contribution in [1.29, 1.82) is 0 Å². The van der Waals surface area contributed by atoms with Gasteiger partial charge in [-0.2, -0.15) is 0 Å². The zero-order valence-electron chi connectivity index (χ0n) is 27.1. The average molecular weight is 678 g/mol. The zero-order valence-corrected chi connectivity index (χ0v) is 28.6. The Morgan fingerprint density at radius 1 is 0.956 bits per heavy atom. The summed E-state index contributed by atoms with van der Waals surface area (Å²) in [5, 5.41) is 9.45. The minimum absolute atomic E-state index is 0.0626. The summed E-state index contributed by atoms with van der Waals surface area (Å²) < 4.78 is 21.5. The van der Waals surface area contributed by atoms with E-state index in [4.69, 9.17) is 47.9 Å². The van der Waals surface area contributed by atoms with Crippen LogP contribution in [0.25, 0.3) is 0 Å². The van der Waals surface area contributed by atoms with Crippen molar-refractivity contribution >= 4 is 52.6 Å². The predicted octanol–water partition coefficient (Wildman–Crippen LogP) is 3.33. The van der Waals surface area contributed by atoms with Crippen molar-refractivity contribution in [2.24, 2.45) is 16.6 Å². The Kier molecular flexibility index (Phi) is 20.4. The molecule has 0 fully saturated rings. The third-order valence-electron chi connectivity index (χ3n) is 5.93. The van der Waals surface area contributed by atoms with E-state index >= 15 is 0 Å². The third-order valence-corrected chi connectivity index (χ3v) is 6.67. The molecule has 0 radical (unpaired) electrons. The molecule has 0 aromatic heterocycles. The van der Waals surface area contributed by atoms with Gasteiger partial charge in [0, 0.05) is 50.7 Å². The first-order valence-corrected chi connectivity index (χ1v) is 15.7. The van der Waals surface area contributed by atoms with Crippen LogP contribution in [0.4, 0.5) is 10.5 Å². The molecular weight excluding hydrogens is 627 g/mol. The Balaban J connectivity index is 2.01. The molecule has 1 aromatic rings. The van der Waals surface area contributed by atoms with Crippen molar-refractivity contribution in [2.75, 3.05) is 84.7 Å². The largest absolute Gasteiger partial charge is 0.444 e. The molecule has 0 heterocycles. The lowest BCUT2D eigenvalue weighted by molar-refractivity contribution is -0.126. The molecule has 0 aliphatic heterocycles. The van der Waals surface area contributed by atoms with Gasteiger partial charge in [0.25, 0.3) is 0 Å². The summed E-state index contributed by atoms with van der Waals surface area (Å²) in [6, 6.07) is 5.21. The van der Waals surface area contributed by atoms with Crippen LogP contribution < -0.4 is 21.7 Å². The normalized spacial score (nSPS) is 12.6. The Morgan fingerprint density at radius 3 is 2.29 bits per heavy atom. The highest BCUT2D eigenvalue weighted by Gasteiger charge is 2.15. The second kappa shape index (κ2) is 22.8. The number of amides is 3. The van der Waals surface area contributed by atoms with Crippen molar-refractivity contribution in [3.8, 4) is 0 Å². The number of amidine groups is 1. The summed E-state index contributed by atoms with van der Waals surface area (Å²) in [5.74, 6) is -0.540. The van der Waals surface area contributed by atoms with Crippen molar-refractivity contribution in [3.63, 3.8) is 0 Å². The number of ether oxygens (including phenoxy) is 4. The quantitative estimate of drug-likeness (QED) is 0.0813. The van der Waals surface area contributed by atoms with Crippen molar-refractivity contribution < 1.29 is 33.3 Å². The van der Waals surface area contributed by atoms with Gasteiger partial charge in [-0.1, -0.05) is 30.1 Å². The van der Waals surface area contributed by atoms with E-state index in [9.17, 15) is 14.4 Å². The lowest BCUT2D eigenvalue weighted by Gasteiger charge is -2.19. The lowest BCUT2D eigenvalue weighted by Crippen LogP contribution is -2.34. The van der Waals surface area contributed by atoms with Gasteiger partial charge in [0.1, 0.15) is 18.0 Å². The van der Waals surface area contributed by atoms with E-state index in [1.807, 2.05) is 18.9 Å². The van der Waals surface area contributed by atoms with Crippen LogP contribution in [0.1, 0.15) is 40.5 Å². The fraction of sp³-hybridized carbons (Fsp3) is 0.667. The summed E-state index contributed by atoms with van der Waals surface area (Å²) in [7, 11) is 1.94. The second-order valence-electron chi connectivity index (χ2n) is 11.3. The van der Waals surface area contributed by atoms with Crippen molar-refractivity contribution in [1.82, 2.24) is 15.5 Å². The first kappa shape index (κ1) is 40.3. The van der Waals surface area contributed by atoms with E-state index in [2.05, 4.69) is 20.9 Å². The highest BCUT2D eigenvalue weighted by atomic mass is 35.5. The second-order valence-corrected chi connectivity index (χ2v) is 12.1. The Bertz CT molecular complexity index is 1070. The highest BCUT2D eigenvalue weighted by molar-refractivity contribution is 6.42. The summed E-state index contributed by atoms with van der Waals surface area (Å²) >= 11 is 11.9. The molecule has 3 amide bonds. The molecule has 0 aliphatic rings. The van der Waals surface area contributed by atoms with E-state index in [0.29, 0.717) is 82.2 Å². The molecule has 1 atom stereocenters. The molecule has 0 spiro atoms. The molecule has 15 heteroatoms. The monoisotopic (exact) mass is 676 g/mol. The minimum atomic E-state index is -0.528. The molecular formula is C30H50Cl2N6O7. The number of rotatable bonds is 22. The van der Waals surface area contributed by atoms with E-state index in [-0.39, 0.29) is 36.6 Å². The van der Waals surface area contributed by atoms with Crippen LogP contribution in [0, 0.1) is 5.92 Å². The minimum Gasteiger partial charge on any atom is -0.444 e. The summed E-state index contributed by atoms with van der Waals surface area (Å²) in [4.78, 5) is 41.7. The molecule has 5 N–H and O–H groups in total. The average Bonchev–Trinajstić information content (AvgIpc) is 2.96. The van der Waals surface area contributed by atoms with Gasteiger partial charge in [-0.15, -0.1) is 0 Å². The maximum absolute atomic E-state index is 12.2. The van der Waals surface area contributed by atoms with Gasteiger partial charge in [0.05, 0.1) is 43.1 Å². The van der Waals surface area contributed by atoms with E-state index in [0.717, 1.165) is 5.69 Å². The maximum atomic E-state index is 12.2. The fourth-order valence-electron chi connectivity index (χ4n) is 3.39. The summed E-state index contributed by atoms with van der Waals surface area (Å²) in [6.45, 7) is 11.9. The molecule has 0 saturated carbocycles. The van der Waals surface area contributed by atoms with E-state index in [1.54, 1.807) is 39.0 Å². The SMILES string of the molecule is CC(CNc1ccc(Cl)c(Cl)c1)C(N)=NC(=O)CCCNC(=O)COCCN(C)CCOCCOCCNC(=O)OC(C)(C)C. The van der Waals surface area contributed by atoms with Gasteiger partial charge in [0.2, 0.25) is 11.8 Å². The smallest absolute Gasteiger partial charge is 0.407 e. The van der Waals surface area contributed by atoms with Gasteiger partial charge in [-0.3, -0.25) is 9.59 Å². The molecule has 0 bridgehead atoms. The Morgan fingerprint density at radius 2 is 1.62 bits per heavy atom. The van der Waals surface area contributed by atoms with Gasteiger partial charge < -0.3 is 45.5 Å². The number of carbonyl (C=O) groups is 3. The molecule has 1 rings (SSSR count). The number of aliphatic imine (C=N–C) groups is 1. The highest BCUT2D eigenvalue weighted by Crippen LogP contribution is 2.25. The number of halogens is 2. The maximum Gasteiger partial charge on any atom is 0.407 e.